The molecule has 1 unspecified atom stereocenters. The zero-order valence-corrected chi connectivity index (χ0v) is 21.6. The van der Waals surface area contributed by atoms with E-state index >= 15 is 0 Å². The number of hydrogen-bond acceptors (Lipinski definition) is 9. The van der Waals surface area contributed by atoms with Crippen molar-refractivity contribution in [3.05, 3.63) is 76.0 Å². The van der Waals surface area contributed by atoms with E-state index in [1.165, 1.54) is 18.4 Å². The summed E-state index contributed by atoms with van der Waals surface area (Å²) in [7, 11) is 1.48. The molecule has 0 fully saturated rings. The number of cyclic esters (lactones) is 1. The third-order valence-corrected chi connectivity index (χ3v) is 5.95. The van der Waals surface area contributed by atoms with Crippen molar-refractivity contribution in [1.82, 2.24) is 0 Å². The molecule has 0 radical (unpaired) electrons. The smallest absolute Gasteiger partial charge is 0.412 e. The van der Waals surface area contributed by atoms with E-state index in [1.807, 2.05) is 0 Å². The molecule has 1 aromatic heterocycles. The van der Waals surface area contributed by atoms with Crippen LogP contribution in [0.3, 0.4) is 0 Å². The van der Waals surface area contributed by atoms with Crippen LogP contribution in [-0.4, -0.2) is 42.7 Å². The highest BCUT2D eigenvalue weighted by Crippen LogP contribution is 2.30. The summed E-state index contributed by atoms with van der Waals surface area (Å²) >= 11 is 1.29. The molecule has 1 aliphatic rings. The van der Waals surface area contributed by atoms with Gasteiger partial charge in [-0.15, -0.1) is 11.3 Å². The molecule has 2 heterocycles. The fourth-order valence-corrected chi connectivity index (χ4v) is 4.05. The standard InChI is InChI=1S/C27H26N2O7S/c1-27(2,3)36-26(32)28-18-10-8-17(9-11-18)23-29-19(24(30)35-23)14-16-7-12-20(21(15-16)33-4)34-25(31)22-6-5-13-37-22/h5-13,15,19H,14H2,1-4H3,(H,28,32). The number of amides is 1. The van der Waals surface area contributed by atoms with E-state index in [1.54, 1.807) is 80.7 Å². The predicted molar refractivity (Wildman–Crippen MR) is 139 cm³/mol. The quantitative estimate of drug-likeness (QED) is 0.334. The largest absolute Gasteiger partial charge is 0.493 e. The van der Waals surface area contributed by atoms with E-state index in [2.05, 4.69) is 10.3 Å². The summed E-state index contributed by atoms with van der Waals surface area (Å²) in [5.74, 6) is -0.0960. The van der Waals surface area contributed by atoms with Gasteiger partial charge in [-0.2, -0.15) is 0 Å². The molecular formula is C27H26N2O7S. The normalized spacial score (nSPS) is 15.0. The number of nitrogens with one attached hydrogen (secondary N) is 1. The van der Waals surface area contributed by atoms with Crippen molar-refractivity contribution < 1.29 is 33.3 Å². The Morgan fingerprint density at radius 3 is 2.49 bits per heavy atom. The van der Waals surface area contributed by atoms with Crippen LogP contribution >= 0.6 is 11.3 Å². The maximum Gasteiger partial charge on any atom is 0.412 e. The third-order valence-electron chi connectivity index (χ3n) is 5.10. The van der Waals surface area contributed by atoms with E-state index in [4.69, 9.17) is 18.9 Å². The van der Waals surface area contributed by atoms with Crippen molar-refractivity contribution in [3.8, 4) is 11.5 Å². The van der Waals surface area contributed by atoms with Crippen molar-refractivity contribution in [2.75, 3.05) is 12.4 Å². The number of thiophene rings is 1. The average molecular weight is 523 g/mol. The van der Waals surface area contributed by atoms with Crippen LogP contribution in [0.1, 0.15) is 41.6 Å². The summed E-state index contributed by atoms with van der Waals surface area (Å²) in [5.41, 5.74) is 1.28. The first-order chi connectivity index (χ1) is 17.6. The van der Waals surface area contributed by atoms with Crippen molar-refractivity contribution in [2.24, 2.45) is 4.99 Å². The van der Waals surface area contributed by atoms with Crippen LogP contribution in [0.5, 0.6) is 11.5 Å². The highest BCUT2D eigenvalue weighted by atomic mass is 32.1. The number of ether oxygens (including phenoxy) is 4. The number of methoxy groups -OCH3 is 1. The number of carbonyl (C=O) groups is 3. The summed E-state index contributed by atoms with van der Waals surface area (Å²) in [6.07, 6.45) is -0.288. The zero-order valence-electron chi connectivity index (χ0n) is 20.8. The Morgan fingerprint density at radius 2 is 1.84 bits per heavy atom. The molecule has 4 rings (SSSR count). The molecule has 1 atom stereocenters. The number of esters is 2. The topological polar surface area (TPSA) is 113 Å². The van der Waals surface area contributed by atoms with Crippen molar-refractivity contribution in [1.29, 1.82) is 0 Å². The second-order valence-electron chi connectivity index (χ2n) is 9.13. The predicted octanol–water partition coefficient (Wildman–Crippen LogP) is 5.24. The van der Waals surface area contributed by atoms with Gasteiger partial charge in [0.15, 0.2) is 17.5 Å². The fraction of sp³-hybridized carbons (Fsp3) is 0.259. The molecule has 9 nitrogen and oxygen atoms in total. The summed E-state index contributed by atoms with van der Waals surface area (Å²) in [6, 6.07) is 14.5. The van der Waals surface area contributed by atoms with Gasteiger partial charge in [-0.25, -0.2) is 19.4 Å². The lowest BCUT2D eigenvalue weighted by atomic mass is 10.1. The van der Waals surface area contributed by atoms with E-state index in [0.717, 1.165) is 5.56 Å². The molecule has 192 valence electrons. The molecule has 10 heteroatoms. The Labute approximate surface area is 218 Å². The molecule has 1 aliphatic heterocycles. The first-order valence-corrected chi connectivity index (χ1v) is 12.3. The van der Waals surface area contributed by atoms with Gasteiger partial charge in [0.05, 0.1) is 7.11 Å². The number of anilines is 1. The second-order valence-corrected chi connectivity index (χ2v) is 10.1. The van der Waals surface area contributed by atoms with Crippen LogP contribution in [0.15, 0.2) is 65.0 Å². The van der Waals surface area contributed by atoms with Gasteiger partial charge in [0.1, 0.15) is 10.5 Å². The van der Waals surface area contributed by atoms with E-state index in [-0.39, 0.29) is 18.1 Å². The lowest BCUT2D eigenvalue weighted by Gasteiger charge is -2.19. The number of hydrogen-bond donors (Lipinski definition) is 1. The molecule has 1 N–H and O–H groups in total. The minimum atomic E-state index is -0.737. The number of aliphatic imine (C=N–C) groups is 1. The molecule has 37 heavy (non-hydrogen) atoms. The van der Waals surface area contributed by atoms with Crippen LogP contribution in [0.2, 0.25) is 0 Å². The molecule has 2 aromatic carbocycles. The van der Waals surface area contributed by atoms with E-state index in [0.29, 0.717) is 21.9 Å². The van der Waals surface area contributed by atoms with E-state index in [9.17, 15) is 14.4 Å². The third kappa shape index (κ3) is 6.73. The highest BCUT2D eigenvalue weighted by Gasteiger charge is 2.30. The minimum Gasteiger partial charge on any atom is -0.493 e. The Hall–Kier alpha value is -4.18. The zero-order chi connectivity index (χ0) is 26.6. The van der Waals surface area contributed by atoms with Gasteiger partial charge in [0, 0.05) is 17.7 Å². The van der Waals surface area contributed by atoms with Gasteiger partial charge in [0.2, 0.25) is 5.90 Å². The molecule has 0 spiro atoms. The fourth-order valence-electron chi connectivity index (χ4n) is 3.46. The Bertz CT molecular complexity index is 1330. The first kappa shape index (κ1) is 25.9. The molecule has 0 bridgehead atoms. The van der Waals surface area contributed by atoms with E-state index < -0.39 is 29.7 Å². The highest BCUT2D eigenvalue weighted by molar-refractivity contribution is 7.12. The van der Waals surface area contributed by atoms with Gasteiger partial charge in [-0.3, -0.25) is 5.32 Å². The average Bonchev–Trinajstić information content (AvgIpc) is 3.50. The second kappa shape index (κ2) is 10.8. The minimum absolute atomic E-state index is 0.201. The number of nitrogens with zero attached hydrogens (tertiary/aromatic N) is 1. The van der Waals surface area contributed by atoms with Crippen LogP contribution in [0.25, 0.3) is 0 Å². The lowest BCUT2D eigenvalue weighted by molar-refractivity contribution is -0.134. The summed E-state index contributed by atoms with van der Waals surface area (Å²) in [6.45, 7) is 5.35. The number of benzene rings is 2. The van der Waals surface area contributed by atoms with Crippen molar-refractivity contribution >= 4 is 41.0 Å². The van der Waals surface area contributed by atoms with Crippen LogP contribution in [0.4, 0.5) is 10.5 Å². The molecule has 0 saturated carbocycles. The van der Waals surface area contributed by atoms with Crippen molar-refractivity contribution in [3.63, 3.8) is 0 Å². The monoisotopic (exact) mass is 522 g/mol. The Balaban J connectivity index is 1.41. The molecule has 1 amide bonds. The van der Waals surface area contributed by atoms with Gasteiger partial charge < -0.3 is 18.9 Å². The SMILES string of the molecule is COc1cc(CC2N=C(c3ccc(NC(=O)OC(C)(C)C)cc3)OC2=O)ccc1OC(=O)c1cccs1. The van der Waals surface area contributed by atoms with Crippen LogP contribution < -0.4 is 14.8 Å². The Kier molecular flexibility index (Phi) is 7.58. The van der Waals surface area contributed by atoms with Gasteiger partial charge in [0.25, 0.3) is 0 Å². The first-order valence-electron chi connectivity index (χ1n) is 11.4. The maximum atomic E-state index is 12.5. The molecular weight excluding hydrogens is 496 g/mol. The molecule has 0 saturated heterocycles. The lowest BCUT2D eigenvalue weighted by Crippen LogP contribution is -2.27. The van der Waals surface area contributed by atoms with Crippen LogP contribution in [0, 0.1) is 0 Å². The van der Waals surface area contributed by atoms with Gasteiger partial charge in [-0.05, 0) is 74.2 Å². The number of rotatable bonds is 7. The molecule has 0 aliphatic carbocycles. The van der Waals surface area contributed by atoms with Gasteiger partial charge in [-0.1, -0.05) is 12.1 Å². The number of carbonyl (C=O) groups excluding carboxylic acids is 3. The summed E-state index contributed by atoms with van der Waals surface area (Å²) in [4.78, 5) is 41.6. The van der Waals surface area contributed by atoms with Gasteiger partial charge >= 0.3 is 18.0 Å². The molecule has 3 aromatic rings. The Morgan fingerprint density at radius 1 is 1.08 bits per heavy atom. The maximum absolute atomic E-state index is 12.5. The summed E-state index contributed by atoms with van der Waals surface area (Å²) < 4.78 is 21.5. The summed E-state index contributed by atoms with van der Waals surface area (Å²) in [5, 5.41) is 4.44. The van der Waals surface area contributed by atoms with Crippen LogP contribution in [-0.2, 0) is 20.7 Å². The van der Waals surface area contributed by atoms with Crippen molar-refractivity contribution in [2.45, 2.75) is 38.8 Å².